The Morgan fingerprint density at radius 2 is 2.40 bits per heavy atom. The Morgan fingerprint density at radius 3 is 2.90 bits per heavy atom. The maximum absolute atomic E-state index is 3.83. The van der Waals surface area contributed by atoms with Crippen molar-refractivity contribution in [2.24, 2.45) is 7.05 Å². The fourth-order valence-corrected chi connectivity index (χ4v) is 0.965. The molecule has 0 aliphatic carbocycles. The molecule has 1 aromatic heterocycles. The Morgan fingerprint density at radius 1 is 1.60 bits per heavy atom. The van der Waals surface area contributed by atoms with Crippen molar-refractivity contribution in [2.45, 2.75) is 12.8 Å². The van der Waals surface area contributed by atoms with Crippen molar-refractivity contribution in [1.29, 1.82) is 0 Å². The number of aryl methyl sites for hydroxylation is 2. The van der Waals surface area contributed by atoms with Gasteiger partial charge in [0.1, 0.15) is 0 Å². The number of aromatic nitrogens is 4. The lowest BCUT2D eigenvalue weighted by Gasteiger charge is -1.93. The molecule has 0 spiro atoms. The van der Waals surface area contributed by atoms with Crippen LogP contribution in [-0.4, -0.2) is 25.5 Å². The van der Waals surface area contributed by atoms with Crippen LogP contribution < -0.4 is 0 Å². The van der Waals surface area contributed by atoms with Crippen LogP contribution in [0.1, 0.15) is 12.2 Å². The van der Waals surface area contributed by atoms with Crippen LogP contribution in [0.4, 0.5) is 0 Å². The minimum Gasteiger partial charge on any atom is -0.233 e. The first kappa shape index (κ1) is 7.65. The minimum absolute atomic E-state index is 0.939. The van der Waals surface area contributed by atoms with E-state index in [9.17, 15) is 0 Å². The summed E-state index contributed by atoms with van der Waals surface area (Å²) in [6.45, 7) is 0. The molecule has 1 aromatic rings. The summed E-state index contributed by atoms with van der Waals surface area (Å²) >= 11 is 3.34. The second kappa shape index (κ2) is 3.65. The zero-order chi connectivity index (χ0) is 7.40. The molecule has 0 fully saturated rings. The van der Waals surface area contributed by atoms with E-state index in [4.69, 9.17) is 0 Å². The maximum Gasteiger partial charge on any atom is 0.150 e. The van der Waals surface area contributed by atoms with Crippen LogP contribution in [-0.2, 0) is 13.5 Å². The second-order valence-corrected chi connectivity index (χ2v) is 2.80. The number of hydrogen-bond acceptors (Lipinski definition) is 3. The smallest absolute Gasteiger partial charge is 0.150 e. The van der Waals surface area contributed by atoms with Gasteiger partial charge in [0.05, 0.1) is 0 Å². The normalized spacial score (nSPS) is 10.2. The molecule has 0 saturated heterocycles. The van der Waals surface area contributed by atoms with E-state index in [0.29, 0.717) is 0 Å². The molecule has 0 radical (unpaired) electrons. The summed E-state index contributed by atoms with van der Waals surface area (Å²) in [5.41, 5.74) is 0. The summed E-state index contributed by atoms with van der Waals surface area (Å²) in [4.78, 5) is 0. The summed E-state index contributed by atoms with van der Waals surface area (Å²) in [5, 5.41) is 12.1. The van der Waals surface area contributed by atoms with Gasteiger partial charge in [-0.2, -0.15) is 0 Å². The zero-order valence-electron chi connectivity index (χ0n) is 5.79. The van der Waals surface area contributed by atoms with Crippen molar-refractivity contribution in [3.63, 3.8) is 0 Å². The van der Waals surface area contributed by atoms with Gasteiger partial charge in [0.15, 0.2) is 5.82 Å². The van der Waals surface area contributed by atoms with Gasteiger partial charge in [-0.1, -0.05) is 15.9 Å². The van der Waals surface area contributed by atoms with Crippen LogP contribution in [0.5, 0.6) is 0 Å². The Bertz CT molecular complexity index is 197. The number of rotatable bonds is 3. The Labute approximate surface area is 67.7 Å². The number of nitrogens with zero attached hydrogens (tertiary/aromatic N) is 4. The number of alkyl halides is 1. The molecule has 0 amide bonds. The first-order chi connectivity index (χ1) is 4.84. The third kappa shape index (κ3) is 1.76. The van der Waals surface area contributed by atoms with Crippen LogP contribution >= 0.6 is 15.9 Å². The van der Waals surface area contributed by atoms with Crippen LogP contribution in [0.25, 0.3) is 0 Å². The highest BCUT2D eigenvalue weighted by molar-refractivity contribution is 9.09. The highest BCUT2D eigenvalue weighted by Crippen LogP contribution is 1.96. The summed E-state index contributed by atoms with van der Waals surface area (Å²) in [6.07, 6.45) is 2.02. The van der Waals surface area contributed by atoms with E-state index in [-0.39, 0.29) is 0 Å². The first-order valence-corrected chi connectivity index (χ1v) is 4.24. The van der Waals surface area contributed by atoms with Gasteiger partial charge in [0.25, 0.3) is 0 Å². The van der Waals surface area contributed by atoms with Gasteiger partial charge in [-0.25, -0.2) is 4.68 Å². The molecule has 0 N–H and O–H groups in total. The topological polar surface area (TPSA) is 43.6 Å². The number of tetrazole rings is 1. The predicted molar refractivity (Wildman–Crippen MR) is 40.9 cm³/mol. The molecular weight excluding hydrogens is 196 g/mol. The molecule has 0 unspecified atom stereocenters. The third-order valence-corrected chi connectivity index (χ3v) is 1.80. The van der Waals surface area contributed by atoms with Crippen LogP contribution in [0, 0.1) is 0 Å². The third-order valence-electron chi connectivity index (χ3n) is 1.24. The van der Waals surface area contributed by atoms with E-state index < -0.39 is 0 Å². The van der Waals surface area contributed by atoms with E-state index in [2.05, 4.69) is 31.5 Å². The minimum atomic E-state index is 0.939. The van der Waals surface area contributed by atoms with Crippen LogP contribution in [0.15, 0.2) is 0 Å². The van der Waals surface area contributed by atoms with Gasteiger partial charge in [0.2, 0.25) is 0 Å². The van der Waals surface area contributed by atoms with Crippen molar-refractivity contribution in [2.75, 3.05) is 5.33 Å². The molecule has 10 heavy (non-hydrogen) atoms. The monoisotopic (exact) mass is 204 g/mol. The largest absolute Gasteiger partial charge is 0.233 e. The Hall–Kier alpha value is -0.450. The Balaban J connectivity index is 2.49. The molecule has 1 rings (SSSR count). The fourth-order valence-electron chi connectivity index (χ4n) is 0.685. The van der Waals surface area contributed by atoms with E-state index in [1.165, 1.54) is 0 Å². The highest BCUT2D eigenvalue weighted by atomic mass is 79.9. The fraction of sp³-hybridized carbons (Fsp3) is 0.800. The molecule has 0 aliphatic rings. The summed E-state index contributed by atoms with van der Waals surface area (Å²) < 4.78 is 1.70. The summed E-state index contributed by atoms with van der Waals surface area (Å²) in [6, 6.07) is 0. The molecule has 1 heterocycles. The molecule has 0 aliphatic heterocycles. The quantitative estimate of drug-likeness (QED) is 0.676. The van der Waals surface area contributed by atoms with Crippen molar-refractivity contribution < 1.29 is 0 Å². The van der Waals surface area contributed by atoms with Crippen molar-refractivity contribution >= 4 is 15.9 Å². The molecule has 0 aromatic carbocycles. The lowest BCUT2D eigenvalue weighted by Crippen LogP contribution is -1.99. The molecule has 56 valence electrons. The highest BCUT2D eigenvalue weighted by Gasteiger charge is 1.98. The molecular formula is C5H9BrN4. The molecule has 5 heteroatoms. The SMILES string of the molecule is Cn1nnnc1CCCBr. The Kier molecular flexibility index (Phi) is 2.80. The number of hydrogen-bond donors (Lipinski definition) is 0. The van der Waals surface area contributed by atoms with Gasteiger partial charge in [-0.15, -0.1) is 5.10 Å². The van der Waals surface area contributed by atoms with Gasteiger partial charge in [-0.05, 0) is 16.8 Å². The van der Waals surface area contributed by atoms with Gasteiger partial charge in [-0.3, -0.25) is 0 Å². The van der Waals surface area contributed by atoms with Crippen molar-refractivity contribution in [3.05, 3.63) is 5.82 Å². The number of halogens is 1. The van der Waals surface area contributed by atoms with E-state index in [1.54, 1.807) is 4.68 Å². The molecule has 0 saturated carbocycles. The van der Waals surface area contributed by atoms with Crippen molar-refractivity contribution in [3.8, 4) is 0 Å². The van der Waals surface area contributed by atoms with Gasteiger partial charge in [0, 0.05) is 18.8 Å². The summed E-state index contributed by atoms with van der Waals surface area (Å²) in [5.74, 6) is 0.944. The second-order valence-electron chi connectivity index (χ2n) is 2.01. The van der Waals surface area contributed by atoms with Crippen LogP contribution in [0.3, 0.4) is 0 Å². The molecule has 4 nitrogen and oxygen atoms in total. The average Bonchev–Trinajstić information content (AvgIpc) is 2.31. The van der Waals surface area contributed by atoms with E-state index >= 15 is 0 Å². The predicted octanol–water partition coefficient (Wildman–Crippen LogP) is 0.538. The average molecular weight is 205 g/mol. The molecule has 0 bridgehead atoms. The van der Waals surface area contributed by atoms with E-state index in [0.717, 1.165) is 24.0 Å². The maximum atomic E-state index is 3.83. The standard InChI is InChI=1S/C5H9BrN4/c1-10-5(3-2-4-6)7-8-9-10/h2-4H2,1H3. The first-order valence-electron chi connectivity index (χ1n) is 3.12. The summed E-state index contributed by atoms with van der Waals surface area (Å²) in [7, 11) is 1.85. The van der Waals surface area contributed by atoms with Crippen molar-refractivity contribution in [1.82, 2.24) is 20.2 Å². The van der Waals surface area contributed by atoms with E-state index in [1.807, 2.05) is 7.05 Å². The van der Waals surface area contributed by atoms with Gasteiger partial charge < -0.3 is 0 Å². The lowest BCUT2D eigenvalue weighted by atomic mass is 10.3. The van der Waals surface area contributed by atoms with Crippen LogP contribution in [0.2, 0.25) is 0 Å². The molecule has 0 atom stereocenters. The van der Waals surface area contributed by atoms with Gasteiger partial charge >= 0.3 is 0 Å². The zero-order valence-corrected chi connectivity index (χ0v) is 7.37. The lowest BCUT2D eigenvalue weighted by molar-refractivity contribution is 0.670.